The van der Waals surface area contributed by atoms with Crippen LogP contribution in [0.25, 0.3) is 0 Å². The topological polar surface area (TPSA) is 72.7 Å². The van der Waals surface area contributed by atoms with Crippen LogP contribution in [0.15, 0.2) is 40.9 Å². The Morgan fingerprint density at radius 3 is 2.63 bits per heavy atom. The molecule has 2 aromatic carbocycles. The third kappa shape index (κ3) is 4.21. The molecular weight excluding hydrogens is 433 g/mol. The summed E-state index contributed by atoms with van der Waals surface area (Å²) in [5.41, 5.74) is 0.884. The number of nitro groups is 1. The van der Waals surface area contributed by atoms with Crippen molar-refractivity contribution in [3.63, 3.8) is 0 Å². The minimum absolute atomic E-state index is 0.119. The Balaban J connectivity index is 1.92. The molecule has 0 aliphatic carbocycles. The van der Waals surface area contributed by atoms with E-state index in [0.717, 1.165) is 6.07 Å². The van der Waals surface area contributed by atoms with Crippen LogP contribution in [0.3, 0.4) is 0 Å². The normalized spacial score (nSPS) is 13.9. The largest absolute Gasteiger partial charge is 0.573 e. The van der Waals surface area contributed by atoms with Gasteiger partial charge in [0.2, 0.25) is 0 Å². The minimum atomic E-state index is -4.80. The van der Waals surface area contributed by atoms with Gasteiger partial charge in [-0.2, -0.15) is 0 Å². The van der Waals surface area contributed by atoms with Crippen molar-refractivity contribution < 1.29 is 27.6 Å². The zero-order valence-corrected chi connectivity index (χ0v) is 15.2. The Hall–Kier alpha value is -2.62. The van der Waals surface area contributed by atoms with E-state index in [4.69, 9.17) is 0 Å². The second-order valence-electron chi connectivity index (χ2n) is 5.82. The molecule has 142 valence electrons. The summed E-state index contributed by atoms with van der Waals surface area (Å²) in [6.07, 6.45) is -3.75. The lowest BCUT2D eigenvalue weighted by atomic mass is 10.00. The highest BCUT2D eigenvalue weighted by atomic mass is 79.9. The van der Waals surface area contributed by atoms with E-state index < -0.39 is 17.2 Å². The van der Waals surface area contributed by atoms with Gasteiger partial charge in [0.1, 0.15) is 5.75 Å². The molecule has 0 unspecified atom stereocenters. The molecule has 1 aliphatic rings. The SMILES string of the molecule is O=C(c1ccc(Br)c([N+](=O)[O-])c1)N1CCCc2cc(OC(F)(F)F)ccc21. The van der Waals surface area contributed by atoms with E-state index in [1.807, 2.05) is 0 Å². The molecule has 2 aromatic rings. The first-order valence-corrected chi connectivity index (χ1v) is 8.59. The van der Waals surface area contributed by atoms with Crippen LogP contribution in [0.2, 0.25) is 0 Å². The summed E-state index contributed by atoms with van der Waals surface area (Å²) in [5.74, 6) is -0.814. The van der Waals surface area contributed by atoms with E-state index in [-0.39, 0.29) is 21.5 Å². The van der Waals surface area contributed by atoms with Crippen molar-refractivity contribution >= 4 is 33.2 Å². The molecule has 27 heavy (non-hydrogen) atoms. The van der Waals surface area contributed by atoms with Crippen molar-refractivity contribution in [2.45, 2.75) is 19.2 Å². The summed E-state index contributed by atoms with van der Waals surface area (Å²) in [7, 11) is 0. The first kappa shape index (κ1) is 19.2. The molecule has 3 rings (SSSR count). The maximum atomic E-state index is 12.8. The van der Waals surface area contributed by atoms with Gasteiger partial charge in [-0.3, -0.25) is 14.9 Å². The Morgan fingerprint density at radius 1 is 1.22 bits per heavy atom. The van der Waals surface area contributed by atoms with Crippen molar-refractivity contribution in [3.8, 4) is 5.75 Å². The predicted octanol–water partition coefficient (Wildman–Crippen LogP) is 4.85. The molecule has 1 amide bonds. The van der Waals surface area contributed by atoms with E-state index in [1.54, 1.807) is 0 Å². The predicted molar refractivity (Wildman–Crippen MR) is 93.9 cm³/mol. The molecule has 0 N–H and O–H groups in total. The number of hydrogen-bond donors (Lipinski definition) is 0. The summed E-state index contributed by atoms with van der Waals surface area (Å²) < 4.78 is 41.3. The molecule has 0 radical (unpaired) electrons. The number of hydrogen-bond acceptors (Lipinski definition) is 4. The number of benzene rings is 2. The van der Waals surface area contributed by atoms with Crippen LogP contribution < -0.4 is 9.64 Å². The molecule has 0 spiro atoms. The number of carbonyl (C=O) groups is 1. The molecule has 0 atom stereocenters. The van der Waals surface area contributed by atoms with Gasteiger partial charge in [-0.05, 0) is 64.7 Å². The molecule has 0 saturated carbocycles. The molecular formula is C17H12BrF3N2O4. The number of halogens is 4. The molecule has 1 heterocycles. The number of aryl methyl sites for hydroxylation is 1. The van der Waals surface area contributed by atoms with Gasteiger partial charge >= 0.3 is 6.36 Å². The second kappa shape index (κ2) is 7.18. The third-order valence-corrected chi connectivity index (χ3v) is 4.71. The fourth-order valence-corrected chi connectivity index (χ4v) is 3.31. The number of anilines is 1. The highest BCUT2D eigenvalue weighted by Crippen LogP contribution is 2.34. The first-order chi connectivity index (χ1) is 12.7. The van der Waals surface area contributed by atoms with Crippen LogP contribution >= 0.6 is 15.9 Å². The number of amides is 1. The second-order valence-corrected chi connectivity index (χ2v) is 6.68. The molecule has 10 heteroatoms. The van der Waals surface area contributed by atoms with Gasteiger partial charge < -0.3 is 9.64 Å². The quantitative estimate of drug-likeness (QED) is 0.501. The molecule has 0 bridgehead atoms. The third-order valence-electron chi connectivity index (χ3n) is 4.04. The van der Waals surface area contributed by atoms with E-state index in [2.05, 4.69) is 20.7 Å². The number of fused-ring (bicyclic) bond motifs is 1. The first-order valence-electron chi connectivity index (χ1n) is 7.80. The molecule has 1 aliphatic heterocycles. The van der Waals surface area contributed by atoms with Crippen LogP contribution in [-0.2, 0) is 6.42 Å². The lowest BCUT2D eigenvalue weighted by molar-refractivity contribution is -0.385. The summed E-state index contributed by atoms with van der Waals surface area (Å²) in [5, 5.41) is 11.1. The standard InChI is InChI=1S/C17H12BrF3N2O4/c18-13-5-3-11(9-15(13)23(25)26)16(24)22-7-1-2-10-8-12(4-6-14(10)22)27-17(19,20)21/h3-6,8-9H,1-2,7H2. The summed E-state index contributed by atoms with van der Waals surface area (Å²) in [6.45, 7) is 0.356. The van der Waals surface area contributed by atoms with Crippen molar-refractivity contribution in [1.29, 1.82) is 0 Å². The average Bonchev–Trinajstić information content (AvgIpc) is 2.59. The van der Waals surface area contributed by atoms with Gasteiger partial charge in [0.25, 0.3) is 11.6 Å². The van der Waals surface area contributed by atoms with Crippen molar-refractivity contribution in [2.75, 3.05) is 11.4 Å². The Labute approximate surface area is 159 Å². The van der Waals surface area contributed by atoms with Crippen LogP contribution in [-0.4, -0.2) is 23.7 Å². The van der Waals surface area contributed by atoms with Crippen LogP contribution in [0.4, 0.5) is 24.5 Å². The highest BCUT2D eigenvalue weighted by molar-refractivity contribution is 9.10. The van der Waals surface area contributed by atoms with Gasteiger partial charge in [-0.15, -0.1) is 13.2 Å². The van der Waals surface area contributed by atoms with E-state index in [0.29, 0.717) is 30.6 Å². The molecule has 0 aromatic heterocycles. The fraction of sp³-hybridized carbons (Fsp3) is 0.235. The smallest absolute Gasteiger partial charge is 0.406 e. The lowest BCUT2D eigenvalue weighted by Crippen LogP contribution is -2.35. The van der Waals surface area contributed by atoms with Gasteiger partial charge in [0.05, 0.1) is 9.40 Å². The number of nitro benzene ring substituents is 1. The molecule has 0 fully saturated rings. The lowest BCUT2D eigenvalue weighted by Gasteiger charge is -2.30. The zero-order chi connectivity index (χ0) is 19.8. The number of alkyl halides is 3. The molecule has 6 nitrogen and oxygen atoms in total. The van der Waals surface area contributed by atoms with Crippen molar-refractivity contribution in [1.82, 2.24) is 0 Å². The Morgan fingerprint density at radius 2 is 1.96 bits per heavy atom. The maximum absolute atomic E-state index is 12.8. The van der Waals surface area contributed by atoms with Crippen LogP contribution in [0.5, 0.6) is 5.75 Å². The number of carbonyl (C=O) groups excluding carboxylic acids is 1. The van der Waals surface area contributed by atoms with Crippen LogP contribution in [0, 0.1) is 10.1 Å². The Bertz CT molecular complexity index is 918. The highest BCUT2D eigenvalue weighted by Gasteiger charge is 2.32. The summed E-state index contributed by atoms with van der Waals surface area (Å²) in [4.78, 5) is 24.7. The van der Waals surface area contributed by atoms with E-state index in [9.17, 15) is 28.1 Å². The van der Waals surface area contributed by atoms with Gasteiger partial charge in [-0.25, -0.2) is 0 Å². The number of rotatable bonds is 3. The summed E-state index contributed by atoms with van der Waals surface area (Å²) >= 11 is 3.06. The average molecular weight is 445 g/mol. The van der Waals surface area contributed by atoms with Crippen molar-refractivity contribution in [3.05, 3.63) is 62.1 Å². The van der Waals surface area contributed by atoms with Gasteiger partial charge in [0, 0.05) is 23.9 Å². The van der Waals surface area contributed by atoms with E-state index >= 15 is 0 Å². The minimum Gasteiger partial charge on any atom is -0.406 e. The monoisotopic (exact) mass is 444 g/mol. The number of nitrogens with zero attached hydrogens (tertiary/aromatic N) is 2. The zero-order valence-electron chi connectivity index (χ0n) is 13.6. The van der Waals surface area contributed by atoms with Gasteiger partial charge in [-0.1, -0.05) is 0 Å². The fourth-order valence-electron chi connectivity index (χ4n) is 2.92. The summed E-state index contributed by atoms with van der Waals surface area (Å²) in [6, 6.07) is 7.82. The van der Waals surface area contributed by atoms with Crippen LogP contribution in [0.1, 0.15) is 22.3 Å². The maximum Gasteiger partial charge on any atom is 0.573 e. The van der Waals surface area contributed by atoms with Gasteiger partial charge in [0.15, 0.2) is 0 Å². The van der Waals surface area contributed by atoms with E-state index in [1.165, 1.54) is 35.2 Å². The van der Waals surface area contributed by atoms with Crippen molar-refractivity contribution in [2.24, 2.45) is 0 Å². The molecule has 0 saturated heterocycles. The number of ether oxygens (including phenoxy) is 1. The Kier molecular flexibility index (Phi) is 5.09.